The van der Waals surface area contributed by atoms with Crippen molar-refractivity contribution in [3.63, 3.8) is 0 Å². The summed E-state index contributed by atoms with van der Waals surface area (Å²) in [6.07, 6.45) is 6.34. The van der Waals surface area contributed by atoms with Crippen LogP contribution in [-0.4, -0.2) is 134 Å². The van der Waals surface area contributed by atoms with Gasteiger partial charge in [0.1, 0.15) is 11.2 Å². The quantitative estimate of drug-likeness (QED) is 0.536. The molecule has 0 aromatic rings. The van der Waals surface area contributed by atoms with Crippen molar-refractivity contribution in [2.24, 2.45) is 0 Å². The summed E-state index contributed by atoms with van der Waals surface area (Å²) in [4.78, 5) is 33.0. The van der Waals surface area contributed by atoms with E-state index in [4.69, 9.17) is 9.47 Å². The second-order valence-corrected chi connectivity index (χ2v) is 14.0. The van der Waals surface area contributed by atoms with Gasteiger partial charge in [-0.2, -0.15) is 0 Å². The number of amides is 2. The fraction of sp³-hybridized carbons (Fsp3) is 0.933. The zero-order valence-corrected chi connectivity index (χ0v) is 26.6. The average Bonchev–Trinajstić information content (AvgIpc) is 3.58. The Labute approximate surface area is 243 Å². The van der Waals surface area contributed by atoms with Crippen LogP contribution in [0.1, 0.15) is 80.1 Å². The Kier molecular flexibility index (Phi) is 11.9. The summed E-state index contributed by atoms with van der Waals surface area (Å²) in [6.45, 7) is 20.4. The van der Waals surface area contributed by atoms with E-state index in [1.807, 2.05) is 55.6 Å². The molecule has 10 heteroatoms. The third-order valence-corrected chi connectivity index (χ3v) is 8.55. The molecule has 2 aliphatic carbocycles. The lowest BCUT2D eigenvalue weighted by molar-refractivity contribution is 0.0208. The summed E-state index contributed by atoms with van der Waals surface area (Å²) in [6, 6.07) is 1.91. The smallest absolute Gasteiger partial charge is 0.410 e. The maximum atomic E-state index is 12.1. The summed E-state index contributed by atoms with van der Waals surface area (Å²) >= 11 is 0. The van der Waals surface area contributed by atoms with Crippen LogP contribution in [0.15, 0.2) is 0 Å². The first-order valence-electron chi connectivity index (χ1n) is 15.5. The van der Waals surface area contributed by atoms with Crippen molar-refractivity contribution < 1.29 is 19.1 Å². The molecule has 10 nitrogen and oxygen atoms in total. The Morgan fingerprint density at radius 2 is 0.950 bits per heavy atom. The van der Waals surface area contributed by atoms with Gasteiger partial charge in [0.2, 0.25) is 0 Å². The number of ether oxygens (including phenoxy) is 2. The normalized spacial score (nSPS) is 28.4. The van der Waals surface area contributed by atoms with Crippen LogP contribution in [0.4, 0.5) is 9.59 Å². The molecule has 0 aromatic carbocycles. The number of piperazine rings is 2. The molecule has 4 fully saturated rings. The van der Waals surface area contributed by atoms with Crippen LogP contribution in [0.25, 0.3) is 0 Å². The molecule has 4 aliphatic rings. The van der Waals surface area contributed by atoms with Crippen molar-refractivity contribution in [1.82, 2.24) is 30.2 Å². The molecule has 4 rings (SSSR count). The highest BCUT2D eigenvalue weighted by atomic mass is 16.6. The zero-order valence-electron chi connectivity index (χ0n) is 26.6. The number of nitrogens with one attached hydrogen (secondary N) is 2. The van der Waals surface area contributed by atoms with Gasteiger partial charge in [0, 0.05) is 90.6 Å². The summed E-state index contributed by atoms with van der Waals surface area (Å²) in [7, 11) is 3.75. The Bertz CT molecular complexity index is 735. The minimum Gasteiger partial charge on any atom is -0.444 e. The van der Waals surface area contributed by atoms with Crippen LogP contribution in [-0.2, 0) is 9.47 Å². The first kappa shape index (κ1) is 32.9. The summed E-state index contributed by atoms with van der Waals surface area (Å²) in [5.41, 5.74) is -0.830. The molecule has 2 unspecified atom stereocenters. The molecule has 2 saturated heterocycles. The van der Waals surface area contributed by atoms with Crippen LogP contribution < -0.4 is 10.6 Å². The van der Waals surface area contributed by atoms with Crippen LogP contribution in [0.3, 0.4) is 0 Å². The van der Waals surface area contributed by atoms with Crippen LogP contribution >= 0.6 is 0 Å². The SMILES string of the molecule is CN(C(=O)OC(C)(C)C)C1CCC(N2CCNCC2)C1.CN(C(=O)OC(C)(C)C)[C@@H]1CC[C@H](N2CCNCC2)C1. The Morgan fingerprint density at radius 3 is 1.25 bits per heavy atom. The minimum absolute atomic E-state index is 0.191. The molecular weight excluding hydrogens is 508 g/mol. The average molecular weight is 567 g/mol. The van der Waals surface area contributed by atoms with Gasteiger partial charge in [0.15, 0.2) is 0 Å². The lowest BCUT2D eigenvalue weighted by atomic mass is 10.1. The van der Waals surface area contributed by atoms with E-state index in [2.05, 4.69) is 20.4 Å². The highest BCUT2D eigenvalue weighted by molar-refractivity contribution is 5.68. The third-order valence-electron chi connectivity index (χ3n) is 8.55. The van der Waals surface area contributed by atoms with E-state index in [-0.39, 0.29) is 12.2 Å². The Hall–Kier alpha value is -1.62. The van der Waals surface area contributed by atoms with E-state index in [0.717, 1.165) is 78.0 Å². The van der Waals surface area contributed by atoms with Gasteiger partial charge in [-0.25, -0.2) is 9.59 Å². The van der Waals surface area contributed by atoms with E-state index >= 15 is 0 Å². The van der Waals surface area contributed by atoms with E-state index in [1.165, 1.54) is 12.8 Å². The topological polar surface area (TPSA) is 89.6 Å². The summed E-state index contributed by atoms with van der Waals surface area (Å²) < 4.78 is 10.9. The zero-order chi connectivity index (χ0) is 29.5. The first-order chi connectivity index (χ1) is 18.7. The number of hydrogen-bond acceptors (Lipinski definition) is 8. The van der Waals surface area contributed by atoms with Crippen molar-refractivity contribution in [2.45, 2.75) is 115 Å². The lowest BCUT2D eigenvalue weighted by Crippen LogP contribution is -2.48. The fourth-order valence-electron chi connectivity index (χ4n) is 6.30. The lowest BCUT2D eigenvalue weighted by Gasteiger charge is -2.33. The number of rotatable bonds is 4. The van der Waals surface area contributed by atoms with Gasteiger partial charge in [-0.3, -0.25) is 9.80 Å². The maximum absolute atomic E-state index is 12.1. The van der Waals surface area contributed by atoms with Gasteiger partial charge in [0.25, 0.3) is 0 Å². The highest BCUT2D eigenvalue weighted by Crippen LogP contribution is 2.29. The summed E-state index contributed by atoms with van der Waals surface area (Å²) in [5, 5.41) is 6.78. The van der Waals surface area contributed by atoms with Gasteiger partial charge in [-0.1, -0.05) is 0 Å². The largest absolute Gasteiger partial charge is 0.444 e. The number of carbonyl (C=O) groups is 2. The third kappa shape index (κ3) is 10.3. The number of hydrogen-bond donors (Lipinski definition) is 2. The summed E-state index contributed by atoms with van der Waals surface area (Å²) in [5.74, 6) is 0. The van der Waals surface area contributed by atoms with E-state index in [9.17, 15) is 9.59 Å². The monoisotopic (exact) mass is 566 g/mol. The van der Waals surface area contributed by atoms with Gasteiger partial charge < -0.3 is 29.9 Å². The van der Waals surface area contributed by atoms with Crippen molar-refractivity contribution in [3.8, 4) is 0 Å². The molecule has 2 aliphatic heterocycles. The standard InChI is InChI=1S/2C15H29N3O2/c2*1-15(2,3)20-14(19)17(4)12-5-6-13(11-12)18-9-7-16-8-10-18/h2*12-13,16H,5-11H2,1-4H3/t12-,13+;/m1./s1. The van der Waals surface area contributed by atoms with E-state index in [0.29, 0.717) is 24.2 Å². The molecule has 0 bridgehead atoms. The van der Waals surface area contributed by atoms with Crippen molar-refractivity contribution in [3.05, 3.63) is 0 Å². The van der Waals surface area contributed by atoms with Crippen LogP contribution in [0.5, 0.6) is 0 Å². The molecule has 2 amide bonds. The molecular formula is C30H58N6O4. The van der Waals surface area contributed by atoms with Crippen molar-refractivity contribution >= 4 is 12.2 Å². The van der Waals surface area contributed by atoms with Crippen molar-refractivity contribution in [2.75, 3.05) is 66.5 Å². The molecule has 2 N–H and O–H groups in total. The highest BCUT2D eigenvalue weighted by Gasteiger charge is 2.36. The molecule has 2 saturated carbocycles. The van der Waals surface area contributed by atoms with E-state index in [1.54, 1.807) is 9.80 Å². The molecule has 40 heavy (non-hydrogen) atoms. The predicted molar refractivity (Wildman–Crippen MR) is 160 cm³/mol. The Balaban J connectivity index is 0.000000220. The second kappa shape index (κ2) is 14.5. The van der Waals surface area contributed by atoms with Crippen LogP contribution in [0, 0.1) is 0 Å². The second-order valence-electron chi connectivity index (χ2n) is 14.0. The van der Waals surface area contributed by atoms with E-state index < -0.39 is 11.2 Å². The molecule has 2 heterocycles. The molecule has 0 spiro atoms. The molecule has 0 aromatic heterocycles. The van der Waals surface area contributed by atoms with Crippen LogP contribution in [0.2, 0.25) is 0 Å². The number of nitrogens with zero attached hydrogens (tertiary/aromatic N) is 4. The molecule has 232 valence electrons. The van der Waals surface area contributed by atoms with Gasteiger partial charge >= 0.3 is 12.2 Å². The Morgan fingerprint density at radius 1 is 0.625 bits per heavy atom. The molecule has 4 atom stereocenters. The number of carbonyl (C=O) groups excluding carboxylic acids is 2. The van der Waals surface area contributed by atoms with Gasteiger partial charge in [-0.15, -0.1) is 0 Å². The first-order valence-corrected chi connectivity index (χ1v) is 15.5. The van der Waals surface area contributed by atoms with Gasteiger partial charge in [-0.05, 0) is 80.1 Å². The fourth-order valence-corrected chi connectivity index (χ4v) is 6.30. The van der Waals surface area contributed by atoms with Crippen molar-refractivity contribution in [1.29, 1.82) is 0 Å². The van der Waals surface area contributed by atoms with Gasteiger partial charge in [0.05, 0.1) is 0 Å². The minimum atomic E-state index is -0.415. The predicted octanol–water partition coefficient (Wildman–Crippen LogP) is 3.36. The maximum Gasteiger partial charge on any atom is 0.410 e. The molecule has 0 radical (unpaired) electrons.